The number of piperidine rings is 1. The number of hydrogen-bond donors (Lipinski definition) is 2. The molecule has 1 aromatic heterocycles. The molecule has 110 valence electrons. The first-order valence-electron chi connectivity index (χ1n) is 7.22. The van der Waals surface area contributed by atoms with Gasteiger partial charge in [-0.15, -0.1) is 0 Å². The predicted octanol–water partition coefficient (Wildman–Crippen LogP) is 2.19. The van der Waals surface area contributed by atoms with Crippen molar-refractivity contribution in [3.8, 4) is 0 Å². The Balaban J connectivity index is 2.05. The van der Waals surface area contributed by atoms with E-state index in [2.05, 4.69) is 28.9 Å². The summed E-state index contributed by atoms with van der Waals surface area (Å²) in [6.07, 6.45) is 5.36. The number of amidine groups is 1. The molecule has 2 rings (SSSR count). The van der Waals surface area contributed by atoms with E-state index >= 15 is 0 Å². The second-order valence-corrected chi connectivity index (χ2v) is 5.94. The molecule has 1 saturated heterocycles. The predicted molar refractivity (Wildman–Crippen MR) is 79.7 cm³/mol. The van der Waals surface area contributed by atoms with Crippen LogP contribution in [0.25, 0.3) is 0 Å². The molecule has 0 aliphatic carbocycles. The molecule has 0 amide bonds. The third-order valence-corrected chi connectivity index (χ3v) is 4.55. The van der Waals surface area contributed by atoms with Gasteiger partial charge in [0.1, 0.15) is 5.69 Å². The molecule has 2 heterocycles. The van der Waals surface area contributed by atoms with E-state index in [-0.39, 0.29) is 5.84 Å². The Bertz CT molecular complexity index is 479. The monoisotopic (exact) mass is 276 g/mol. The van der Waals surface area contributed by atoms with Crippen LogP contribution in [0.1, 0.15) is 44.4 Å². The topological polar surface area (TPSA) is 74.7 Å². The number of nitrogens with two attached hydrogens (primary N) is 1. The van der Waals surface area contributed by atoms with Gasteiger partial charge in [0.2, 0.25) is 0 Å². The normalized spacial score (nSPS) is 20.0. The van der Waals surface area contributed by atoms with E-state index in [1.165, 1.54) is 19.3 Å². The van der Waals surface area contributed by atoms with Gasteiger partial charge in [-0.25, -0.2) is 0 Å². The maximum Gasteiger partial charge on any atom is 0.189 e. The minimum atomic E-state index is 0.0796. The molecule has 0 unspecified atom stereocenters. The van der Waals surface area contributed by atoms with Crippen LogP contribution in [0, 0.1) is 5.41 Å². The minimum absolute atomic E-state index is 0.0796. The second kappa shape index (κ2) is 6.22. The van der Waals surface area contributed by atoms with Crippen molar-refractivity contribution in [2.75, 3.05) is 13.1 Å². The molecule has 0 saturated carbocycles. The van der Waals surface area contributed by atoms with Crippen molar-refractivity contribution in [1.29, 1.82) is 0 Å². The molecule has 1 aliphatic heterocycles. The Morgan fingerprint density at radius 3 is 2.80 bits per heavy atom. The second-order valence-electron chi connectivity index (χ2n) is 5.94. The summed E-state index contributed by atoms with van der Waals surface area (Å²) in [6.45, 7) is 7.63. The standard InChI is InChI=1S/C15H24N4O/c1-3-15(2)6-9-19(10-7-15)11-12-5-4-8-17-13(12)14(16)18-20/h4-5,8,20H,3,6-7,9-11H2,1-2H3,(H2,16,18). The summed E-state index contributed by atoms with van der Waals surface area (Å²) in [7, 11) is 0. The van der Waals surface area contributed by atoms with Crippen LogP contribution in [0.4, 0.5) is 0 Å². The number of nitrogens with zero attached hydrogens (tertiary/aromatic N) is 3. The van der Waals surface area contributed by atoms with E-state index < -0.39 is 0 Å². The van der Waals surface area contributed by atoms with Crippen molar-refractivity contribution >= 4 is 5.84 Å². The van der Waals surface area contributed by atoms with Crippen molar-refractivity contribution in [1.82, 2.24) is 9.88 Å². The molecule has 0 atom stereocenters. The molecule has 1 fully saturated rings. The third-order valence-electron chi connectivity index (χ3n) is 4.55. The average Bonchev–Trinajstić information content (AvgIpc) is 2.49. The van der Waals surface area contributed by atoms with Gasteiger partial charge in [0.05, 0.1) is 0 Å². The molecule has 5 nitrogen and oxygen atoms in total. The SMILES string of the molecule is CCC1(C)CCN(Cc2cccnc2C(N)=NO)CC1. The zero-order valence-corrected chi connectivity index (χ0v) is 12.3. The van der Waals surface area contributed by atoms with Crippen LogP contribution < -0.4 is 5.73 Å². The molecule has 20 heavy (non-hydrogen) atoms. The summed E-state index contributed by atoms with van der Waals surface area (Å²) in [5, 5.41) is 11.9. The van der Waals surface area contributed by atoms with Crippen molar-refractivity contribution < 1.29 is 5.21 Å². The fraction of sp³-hybridized carbons (Fsp3) is 0.600. The summed E-state index contributed by atoms with van der Waals surface area (Å²) >= 11 is 0. The fourth-order valence-corrected chi connectivity index (χ4v) is 2.69. The van der Waals surface area contributed by atoms with Crippen LogP contribution in [0.2, 0.25) is 0 Å². The van der Waals surface area contributed by atoms with Gasteiger partial charge in [-0.3, -0.25) is 9.88 Å². The van der Waals surface area contributed by atoms with Gasteiger partial charge in [-0.1, -0.05) is 31.5 Å². The van der Waals surface area contributed by atoms with E-state index in [0.717, 1.165) is 25.2 Å². The zero-order chi connectivity index (χ0) is 14.6. The summed E-state index contributed by atoms with van der Waals surface area (Å²) in [5.74, 6) is 0.0796. The summed E-state index contributed by atoms with van der Waals surface area (Å²) in [5.41, 5.74) is 7.77. The summed E-state index contributed by atoms with van der Waals surface area (Å²) in [4.78, 5) is 6.64. The van der Waals surface area contributed by atoms with Gasteiger partial charge in [0, 0.05) is 12.7 Å². The third kappa shape index (κ3) is 3.28. The smallest absolute Gasteiger partial charge is 0.189 e. The van der Waals surface area contributed by atoms with Crippen LogP contribution in [0.15, 0.2) is 23.5 Å². The van der Waals surface area contributed by atoms with Crippen molar-refractivity contribution in [3.63, 3.8) is 0 Å². The number of likely N-dealkylation sites (tertiary alicyclic amines) is 1. The Hall–Kier alpha value is -1.62. The fourth-order valence-electron chi connectivity index (χ4n) is 2.69. The molecule has 1 aliphatic rings. The number of oxime groups is 1. The highest BCUT2D eigenvalue weighted by atomic mass is 16.4. The number of rotatable bonds is 4. The van der Waals surface area contributed by atoms with Gasteiger partial charge in [0.25, 0.3) is 0 Å². The van der Waals surface area contributed by atoms with E-state index in [1.54, 1.807) is 6.20 Å². The lowest BCUT2D eigenvalue weighted by atomic mass is 9.78. The highest BCUT2D eigenvalue weighted by Gasteiger charge is 2.28. The van der Waals surface area contributed by atoms with Crippen LogP contribution >= 0.6 is 0 Å². The van der Waals surface area contributed by atoms with E-state index in [1.807, 2.05) is 12.1 Å². The van der Waals surface area contributed by atoms with Crippen molar-refractivity contribution in [3.05, 3.63) is 29.6 Å². The highest BCUT2D eigenvalue weighted by molar-refractivity contribution is 5.96. The summed E-state index contributed by atoms with van der Waals surface area (Å²) in [6, 6.07) is 3.89. The molecule has 1 aromatic rings. The van der Waals surface area contributed by atoms with Gasteiger partial charge in [0.15, 0.2) is 5.84 Å². The molecular formula is C15H24N4O. The quantitative estimate of drug-likeness (QED) is 0.382. The minimum Gasteiger partial charge on any atom is -0.409 e. The molecule has 0 bridgehead atoms. The lowest BCUT2D eigenvalue weighted by Gasteiger charge is -2.39. The maximum absolute atomic E-state index is 8.83. The Labute approximate surface area is 120 Å². The van der Waals surface area contributed by atoms with Gasteiger partial charge >= 0.3 is 0 Å². The first kappa shape index (κ1) is 14.8. The Morgan fingerprint density at radius 1 is 1.50 bits per heavy atom. The molecule has 3 N–H and O–H groups in total. The van der Waals surface area contributed by atoms with Crippen LogP contribution in [-0.4, -0.2) is 34.0 Å². The number of aromatic nitrogens is 1. The average molecular weight is 276 g/mol. The first-order valence-corrected chi connectivity index (χ1v) is 7.22. The number of pyridine rings is 1. The zero-order valence-electron chi connectivity index (χ0n) is 12.3. The Kier molecular flexibility index (Phi) is 4.60. The van der Waals surface area contributed by atoms with Crippen LogP contribution in [0.3, 0.4) is 0 Å². The van der Waals surface area contributed by atoms with Gasteiger partial charge < -0.3 is 10.9 Å². The largest absolute Gasteiger partial charge is 0.409 e. The summed E-state index contributed by atoms with van der Waals surface area (Å²) < 4.78 is 0. The lowest BCUT2D eigenvalue weighted by molar-refractivity contribution is 0.109. The Morgan fingerprint density at radius 2 is 2.20 bits per heavy atom. The van der Waals surface area contributed by atoms with Crippen LogP contribution in [0.5, 0.6) is 0 Å². The van der Waals surface area contributed by atoms with Gasteiger partial charge in [-0.05, 0) is 43.0 Å². The molecule has 0 aromatic carbocycles. The van der Waals surface area contributed by atoms with E-state index in [9.17, 15) is 0 Å². The molecule has 0 spiro atoms. The van der Waals surface area contributed by atoms with Gasteiger partial charge in [-0.2, -0.15) is 0 Å². The molecule has 5 heteroatoms. The first-order chi connectivity index (χ1) is 9.58. The molecule has 0 radical (unpaired) electrons. The van der Waals surface area contributed by atoms with Crippen molar-refractivity contribution in [2.24, 2.45) is 16.3 Å². The maximum atomic E-state index is 8.83. The molecular weight excluding hydrogens is 252 g/mol. The van der Waals surface area contributed by atoms with Crippen LogP contribution in [-0.2, 0) is 6.54 Å². The van der Waals surface area contributed by atoms with Crippen molar-refractivity contribution in [2.45, 2.75) is 39.7 Å². The lowest BCUT2D eigenvalue weighted by Crippen LogP contribution is -2.38. The van der Waals surface area contributed by atoms with E-state index in [0.29, 0.717) is 11.1 Å². The van der Waals surface area contributed by atoms with E-state index in [4.69, 9.17) is 10.9 Å². The highest BCUT2D eigenvalue weighted by Crippen LogP contribution is 2.34. The number of hydrogen-bond acceptors (Lipinski definition) is 4.